The molecule has 4 nitrogen and oxygen atoms in total. The van der Waals surface area contributed by atoms with Crippen LogP contribution in [0, 0.1) is 17.3 Å². The minimum absolute atomic E-state index is 0.152. The van der Waals surface area contributed by atoms with Gasteiger partial charge in [0.15, 0.2) is 0 Å². The van der Waals surface area contributed by atoms with Gasteiger partial charge in [0.05, 0.1) is 0 Å². The lowest BCUT2D eigenvalue weighted by Crippen LogP contribution is -2.20. The van der Waals surface area contributed by atoms with Crippen molar-refractivity contribution < 1.29 is 0 Å². The maximum atomic E-state index is 10.2. The lowest BCUT2D eigenvalue weighted by Gasteiger charge is -2.02. The van der Waals surface area contributed by atoms with E-state index in [-0.39, 0.29) is 5.36 Å². The van der Waals surface area contributed by atoms with Crippen molar-refractivity contribution in [1.82, 2.24) is 9.89 Å². The Morgan fingerprint density at radius 3 is 2.60 bits per heavy atom. The van der Waals surface area contributed by atoms with Gasteiger partial charge in [-0.25, -0.2) is 0 Å². The maximum absolute atomic E-state index is 10.2. The highest BCUT2D eigenvalue weighted by Gasteiger charge is 1.91. The molecule has 54 valence electrons. The van der Waals surface area contributed by atoms with Crippen LogP contribution in [-0.4, -0.2) is 4.98 Å². The quantitative estimate of drug-likeness (QED) is 0.517. The molecule has 1 aromatic rings. The molecule has 1 aromatic heterocycles. The van der Waals surface area contributed by atoms with E-state index in [1.165, 1.54) is 12.3 Å². The fourth-order valence-corrected chi connectivity index (χ4v) is 0.710. The molecule has 4 heteroatoms. The second kappa shape index (κ2) is 2.43. The minimum atomic E-state index is -0.400. The van der Waals surface area contributed by atoms with Crippen molar-refractivity contribution in [3.63, 3.8) is 0 Å². The topological polar surface area (TPSA) is 64.9 Å². The molecular formula is C6H7N2O2-. The molecule has 0 aromatic carbocycles. The van der Waals surface area contributed by atoms with Crippen LogP contribution in [0.15, 0.2) is 18.5 Å². The van der Waals surface area contributed by atoms with E-state index in [1.807, 2.05) is 0 Å². The van der Waals surface area contributed by atoms with Crippen molar-refractivity contribution in [2.45, 2.75) is 6.92 Å². The summed E-state index contributed by atoms with van der Waals surface area (Å²) in [7, 11) is 0. The number of rotatable bonds is 0. The number of aromatic nitrogens is 1. The van der Waals surface area contributed by atoms with Gasteiger partial charge in [0.2, 0.25) is 5.36 Å². The number of aromatic amines is 1. The average molecular weight is 139 g/mol. The van der Waals surface area contributed by atoms with Crippen molar-refractivity contribution in [2.75, 3.05) is 0 Å². The first-order valence-corrected chi connectivity index (χ1v) is 2.83. The van der Waals surface area contributed by atoms with Crippen LogP contribution in [0.25, 0.3) is 0 Å². The Hall–Kier alpha value is -1.45. The third kappa shape index (κ3) is 1.10. The molecule has 0 saturated carbocycles. The Bertz CT molecular complexity index is 286. The molecule has 0 saturated heterocycles. The maximum Gasteiger partial charge on any atom is 0.228 e. The first kappa shape index (κ1) is 6.67. The predicted molar refractivity (Wildman–Crippen MR) is 37.5 cm³/mol. The van der Waals surface area contributed by atoms with Crippen molar-refractivity contribution >= 4 is 0 Å². The summed E-state index contributed by atoms with van der Waals surface area (Å²) in [5.41, 5.74) is 0.646. The summed E-state index contributed by atoms with van der Waals surface area (Å²) in [6.07, 6.45) is 3.13. The van der Waals surface area contributed by atoms with Crippen LogP contribution in [0.2, 0.25) is 0 Å². The Morgan fingerprint density at radius 2 is 2.20 bits per heavy atom. The number of nitrogens with one attached hydrogen (secondary N) is 1. The molecule has 0 aliphatic carbocycles. The highest BCUT2D eigenvalue weighted by atomic mass is 16.8. The Labute approximate surface area is 57.6 Å². The zero-order chi connectivity index (χ0) is 7.56. The van der Waals surface area contributed by atoms with Crippen LogP contribution in [-0.2, 0) is 0 Å². The van der Waals surface area contributed by atoms with Gasteiger partial charge in [-0.3, -0.25) is 0 Å². The van der Waals surface area contributed by atoms with Crippen LogP contribution < -0.4 is 10.3 Å². The molecule has 0 unspecified atom stereocenters. The smallest absolute Gasteiger partial charge is 0.228 e. The van der Waals surface area contributed by atoms with E-state index >= 15 is 0 Å². The van der Waals surface area contributed by atoms with Gasteiger partial charge >= 0.3 is 0 Å². The molecule has 0 amide bonds. The van der Waals surface area contributed by atoms with Gasteiger partial charge in [-0.2, -0.15) is 4.90 Å². The zero-order valence-electron chi connectivity index (χ0n) is 5.50. The molecule has 1 rings (SSSR count). The van der Waals surface area contributed by atoms with E-state index < -0.39 is 4.90 Å². The number of H-pyrrole nitrogens is 1. The first-order valence-electron chi connectivity index (χ1n) is 2.83. The fraction of sp³-hybridized carbons (Fsp3) is 0.167. The highest BCUT2D eigenvalue weighted by Crippen LogP contribution is 1.80. The van der Waals surface area contributed by atoms with Crippen LogP contribution >= 0.6 is 0 Å². The van der Waals surface area contributed by atoms with Crippen LogP contribution in [0.5, 0.6) is 0 Å². The third-order valence-corrected chi connectivity index (χ3v) is 1.24. The summed E-state index contributed by atoms with van der Waals surface area (Å²) >= 11 is 0. The predicted octanol–water partition coefficient (Wildman–Crippen LogP) is 0.0909. The number of pyridine rings is 1. The summed E-state index contributed by atoms with van der Waals surface area (Å²) in [4.78, 5) is 2.35. The van der Waals surface area contributed by atoms with Gasteiger partial charge in [0.25, 0.3) is 0 Å². The molecular weight excluding hydrogens is 132 g/mol. The van der Waals surface area contributed by atoms with Gasteiger partial charge in [-0.15, -0.1) is 0 Å². The lowest BCUT2D eigenvalue weighted by molar-refractivity contribution is 0.945. The highest BCUT2D eigenvalue weighted by molar-refractivity contribution is 5.06. The van der Waals surface area contributed by atoms with Crippen LogP contribution in [0.4, 0.5) is 0 Å². The number of aryl methyl sites for hydroxylation is 1. The van der Waals surface area contributed by atoms with Gasteiger partial charge in [-0.1, -0.05) is 0 Å². The third-order valence-electron chi connectivity index (χ3n) is 1.24. The summed E-state index contributed by atoms with van der Waals surface area (Å²) in [5, 5.41) is 20.6. The van der Waals surface area contributed by atoms with E-state index in [0.717, 1.165) is 0 Å². The Morgan fingerprint density at radius 1 is 1.50 bits per heavy atom. The molecule has 0 radical (unpaired) electrons. The molecule has 0 aliphatic heterocycles. The molecule has 0 bridgehead atoms. The van der Waals surface area contributed by atoms with Gasteiger partial charge < -0.3 is 15.4 Å². The Kier molecular flexibility index (Phi) is 1.62. The van der Waals surface area contributed by atoms with Crippen LogP contribution in [0.3, 0.4) is 0 Å². The lowest BCUT2D eigenvalue weighted by atomic mass is 10.3. The molecule has 1 N–H and O–H groups in total. The molecule has 0 aliphatic rings. The number of nitrogens with zero attached hydrogens (tertiary/aromatic N) is 1. The molecule has 0 atom stereocenters. The molecule has 1 heterocycles. The second-order valence-corrected chi connectivity index (χ2v) is 1.97. The molecule has 0 fully saturated rings. The van der Waals surface area contributed by atoms with Gasteiger partial charge in [0, 0.05) is 24.0 Å². The van der Waals surface area contributed by atoms with Crippen molar-refractivity contribution in [2.24, 2.45) is 0 Å². The molecule has 0 spiro atoms. The summed E-state index contributed by atoms with van der Waals surface area (Å²) in [6.45, 7) is 1.69. The van der Waals surface area contributed by atoms with E-state index in [9.17, 15) is 10.4 Å². The number of hydrogen-bond donors (Lipinski definition) is 1. The van der Waals surface area contributed by atoms with Crippen molar-refractivity contribution in [1.29, 1.82) is 0 Å². The monoisotopic (exact) mass is 139 g/mol. The van der Waals surface area contributed by atoms with E-state index in [4.69, 9.17) is 0 Å². The normalized spacial score (nSPS) is 9.30. The largest absolute Gasteiger partial charge is 0.612 e. The van der Waals surface area contributed by atoms with E-state index in [1.54, 1.807) is 13.1 Å². The molecule has 10 heavy (non-hydrogen) atoms. The van der Waals surface area contributed by atoms with Crippen molar-refractivity contribution in [3.05, 3.63) is 39.8 Å². The van der Waals surface area contributed by atoms with Gasteiger partial charge in [-0.05, 0) is 6.92 Å². The fourth-order valence-electron chi connectivity index (χ4n) is 0.710. The van der Waals surface area contributed by atoms with Crippen molar-refractivity contribution in [3.8, 4) is 0 Å². The summed E-state index contributed by atoms with van der Waals surface area (Å²) < 4.78 is 0. The summed E-state index contributed by atoms with van der Waals surface area (Å²) in [5.74, 6) is 0. The minimum Gasteiger partial charge on any atom is -0.612 e. The SMILES string of the molecule is Cc1c[nH]ccc1=[N+]([O-])[O-]. The van der Waals surface area contributed by atoms with E-state index in [0.29, 0.717) is 5.56 Å². The summed E-state index contributed by atoms with van der Waals surface area (Å²) in [6, 6.07) is 1.44. The first-order chi connectivity index (χ1) is 4.72. The van der Waals surface area contributed by atoms with Crippen LogP contribution in [0.1, 0.15) is 5.56 Å². The zero-order valence-corrected chi connectivity index (χ0v) is 5.50. The number of hydrogen-bond acceptors (Lipinski definition) is 2. The Balaban J connectivity index is 3.44. The van der Waals surface area contributed by atoms with E-state index in [2.05, 4.69) is 4.98 Å². The second-order valence-electron chi connectivity index (χ2n) is 1.97. The van der Waals surface area contributed by atoms with Gasteiger partial charge in [0.1, 0.15) is 0 Å². The standard InChI is InChI=1S/C6H7N2O2/c1-5-4-7-3-2-6(5)8(9)10/h2-4,7H,1H3/q-1. The average Bonchev–Trinajstić information content (AvgIpc) is 1.88.